The first kappa shape index (κ1) is 16.3. The van der Waals surface area contributed by atoms with Gasteiger partial charge < -0.3 is 14.5 Å². The number of rotatable bonds is 2. The van der Waals surface area contributed by atoms with Crippen LogP contribution in [0, 0.1) is 11.8 Å². The summed E-state index contributed by atoms with van der Waals surface area (Å²) < 4.78 is 5.59. The van der Waals surface area contributed by atoms with Crippen LogP contribution in [0.25, 0.3) is 0 Å². The fourth-order valence-electron chi connectivity index (χ4n) is 3.16. The number of piperidine rings is 1. The predicted octanol–water partition coefficient (Wildman–Crippen LogP) is 1.52. The highest BCUT2D eigenvalue weighted by molar-refractivity contribution is 5.81. The maximum atomic E-state index is 12.7. The van der Waals surface area contributed by atoms with Crippen molar-refractivity contribution in [3.63, 3.8) is 0 Å². The summed E-state index contributed by atoms with van der Waals surface area (Å²) in [4.78, 5) is 28.5. The Kier molecular flexibility index (Phi) is 5.25. The molecule has 2 saturated heterocycles. The molecule has 2 atom stereocenters. The molecule has 0 aromatic rings. The minimum Gasteiger partial charge on any atom is -0.375 e. The molecule has 0 bridgehead atoms. The van der Waals surface area contributed by atoms with E-state index in [1.54, 1.807) is 0 Å². The monoisotopic (exact) mass is 296 g/mol. The number of amides is 2. The van der Waals surface area contributed by atoms with Crippen LogP contribution in [-0.4, -0.2) is 60.0 Å². The summed E-state index contributed by atoms with van der Waals surface area (Å²) in [6.45, 7) is 10.6. The van der Waals surface area contributed by atoms with Crippen LogP contribution < -0.4 is 0 Å². The lowest BCUT2D eigenvalue weighted by atomic mass is 9.93. The van der Waals surface area contributed by atoms with Gasteiger partial charge in [0.15, 0.2) is 0 Å². The molecular weight excluding hydrogens is 268 g/mol. The van der Waals surface area contributed by atoms with Crippen LogP contribution in [0.3, 0.4) is 0 Å². The van der Waals surface area contributed by atoms with Crippen LogP contribution in [0.4, 0.5) is 0 Å². The fourth-order valence-corrected chi connectivity index (χ4v) is 3.16. The van der Waals surface area contributed by atoms with E-state index >= 15 is 0 Å². The maximum Gasteiger partial charge on any atom is 0.226 e. The number of ether oxygens (including phenoxy) is 1. The van der Waals surface area contributed by atoms with Gasteiger partial charge in [0.05, 0.1) is 18.8 Å². The predicted molar refractivity (Wildman–Crippen MR) is 80.7 cm³/mol. The van der Waals surface area contributed by atoms with E-state index in [0.29, 0.717) is 26.2 Å². The molecule has 0 spiro atoms. The standard InChI is InChI=1S/C16H28N2O3/c1-11(2)15(19)17-7-5-14(6-8-17)16(20)18-9-13(4)21-10-12(18)3/h11-14H,5-10H2,1-4H3. The summed E-state index contributed by atoms with van der Waals surface area (Å²) in [5.41, 5.74) is 0. The van der Waals surface area contributed by atoms with Gasteiger partial charge in [-0.25, -0.2) is 0 Å². The molecule has 0 aliphatic carbocycles. The molecule has 0 aromatic heterocycles. The molecule has 2 fully saturated rings. The number of hydrogen-bond acceptors (Lipinski definition) is 3. The summed E-state index contributed by atoms with van der Waals surface area (Å²) in [5, 5.41) is 0. The molecule has 0 radical (unpaired) electrons. The van der Waals surface area contributed by atoms with E-state index in [4.69, 9.17) is 4.74 Å². The van der Waals surface area contributed by atoms with Gasteiger partial charge in [0, 0.05) is 31.5 Å². The number of carbonyl (C=O) groups is 2. The Labute approximate surface area is 127 Å². The van der Waals surface area contributed by atoms with E-state index in [0.717, 1.165) is 12.8 Å². The molecule has 0 saturated carbocycles. The lowest BCUT2D eigenvalue weighted by Gasteiger charge is -2.40. The third-order valence-corrected chi connectivity index (χ3v) is 4.54. The molecule has 21 heavy (non-hydrogen) atoms. The Morgan fingerprint density at radius 1 is 1.14 bits per heavy atom. The zero-order chi connectivity index (χ0) is 15.6. The van der Waals surface area contributed by atoms with Crippen molar-refractivity contribution in [2.75, 3.05) is 26.2 Å². The van der Waals surface area contributed by atoms with Crippen molar-refractivity contribution in [2.24, 2.45) is 11.8 Å². The summed E-state index contributed by atoms with van der Waals surface area (Å²) in [6, 6.07) is 0.157. The smallest absolute Gasteiger partial charge is 0.226 e. The first-order chi connectivity index (χ1) is 9.90. The molecule has 120 valence electrons. The molecule has 0 N–H and O–H groups in total. The minimum absolute atomic E-state index is 0.0392. The second kappa shape index (κ2) is 6.77. The largest absolute Gasteiger partial charge is 0.375 e. The van der Waals surface area contributed by atoms with Gasteiger partial charge in [-0.15, -0.1) is 0 Å². The van der Waals surface area contributed by atoms with Crippen molar-refractivity contribution in [2.45, 2.75) is 52.7 Å². The average molecular weight is 296 g/mol. The zero-order valence-corrected chi connectivity index (χ0v) is 13.7. The third-order valence-electron chi connectivity index (χ3n) is 4.54. The highest BCUT2D eigenvalue weighted by Gasteiger charge is 2.34. The highest BCUT2D eigenvalue weighted by atomic mass is 16.5. The van der Waals surface area contributed by atoms with Crippen molar-refractivity contribution in [3.05, 3.63) is 0 Å². The quantitative estimate of drug-likeness (QED) is 0.776. The van der Waals surface area contributed by atoms with E-state index in [2.05, 4.69) is 0 Å². The Hall–Kier alpha value is -1.10. The Morgan fingerprint density at radius 3 is 2.33 bits per heavy atom. The second-order valence-corrected chi connectivity index (χ2v) is 6.74. The molecule has 2 amide bonds. The van der Waals surface area contributed by atoms with Gasteiger partial charge in [0.1, 0.15) is 0 Å². The van der Waals surface area contributed by atoms with E-state index in [9.17, 15) is 9.59 Å². The molecule has 2 heterocycles. The van der Waals surface area contributed by atoms with Crippen LogP contribution in [0.1, 0.15) is 40.5 Å². The molecular formula is C16H28N2O3. The van der Waals surface area contributed by atoms with Crippen molar-refractivity contribution in [3.8, 4) is 0 Å². The van der Waals surface area contributed by atoms with Crippen LogP contribution in [0.2, 0.25) is 0 Å². The van der Waals surface area contributed by atoms with E-state index < -0.39 is 0 Å². The van der Waals surface area contributed by atoms with Gasteiger partial charge >= 0.3 is 0 Å². The Bertz CT molecular complexity index is 389. The molecule has 2 aliphatic heterocycles. The van der Waals surface area contributed by atoms with Crippen LogP contribution in [-0.2, 0) is 14.3 Å². The Morgan fingerprint density at radius 2 is 1.76 bits per heavy atom. The third kappa shape index (κ3) is 3.76. The molecule has 0 aromatic carbocycles. The molecule has 5 nitrogen and oxygen atoms in total. The number of nitrogens with zero attached hydrogens (tertiary/aromatic N) is 2. The summed E-state index contributed by atoms with van der Waals surface area (Å²) >= 11 is 0. The summed E-state index contributed by atoms with van der Waals surface area (Å²) in [7, 11) is 0. The van der Waals surface area contributed by atoms with Crippen LogP contribution in [0.5, 0.6) is 0 Å². The number of morpholine rings is 1. The van der Waals surface area contributed by atoms with Gasteiger partial charge in [-0.2, -0.15) is 0 Å². The lowest BCUT2D eigenvalue weighted by molar-refractivity contribution is -0.150. The lowest BCUT2D eigenvalue weighted by Crippen LogP contribution is -2.53. The fraction of sp³-hybridized carbons (Fsp3) is 0.875. The van der Waals surface area contributed by atoms with Gasteiger partial charge in [-0.3, -0.25) is 9.59 Å². The first-order valence-corrected chi connectivity index (χ1v) is 8.11. The Balaban J connectivity index is 1.89. The number of carbonyl (C=O) groups excluding carboxylic acids is 2. The van der Waals surface area contributed by atoms with Crippen LogP contribution in [0.15, 0.2) is 0 Å². The van der Waals surface area contributed by atoms with Crippen molar-refractivity contribution < 1.29 is 14.3 Å². The second-order valence-electron chi connectivity index (χ2n) is 6.74. The average Bonchev–Trinajstić information content (AvgIpc) is 2.48. The van der Waals surface area contributed by atoms with Gasteiger partial charge in [-0.05, 0) is 26.7 Å². The highest BCUT2D eigenvalue weighted by Crippen LogP contribution is 2.23. The number of likely N-dealkylation sites (tertiary alicyclic amines) is 1. The minimum atomic E-state index is 0.0392. The zero-order valence-electron chi connectivity index (χ0n) is 13.7. The SMILES string of the molecule is CC1CN(C(=O)C2CCN(C(=O)C(C)C)CC2)C(C)CO1. The number of hydrogen-bond donors (Lipinski definition) is 0. The first-order valence-electron chi connectivity index (χ1n) is 8.11. The molecule has 2 rings (SSSR count). The van der Waals surface area contributed by atoms with Crippen molar-refractivity contribution in [1.82, 2.24) is 9.80 Å². The van der Waals surface area contributed by atoms with Crippen molar-refractivity contribution in [1.29, 1.82) is 0 Å². The van der Waals surface area contributed by atoms with Gasteiger partial charge in [0.25, 0.3) is 0 Å². The topological polar surface area (TPSA) is 49.9 Å². The molecule has 5 heteroatoms. The van der Waals surface area contributed by atoms with E-state index in [1.807, 2.05) is 37.5 Å². The van der Waals surface area contributed by atoms with E-state index in [1.165, 1.54) is 0 Å². The van der Waals surface area contributed by atoms with Crippen LogP contribution >= 0.6 is 0 Å². The van der Waals surface area contributed by atoms with Gasteiger partial charge in [-0.1, -0.05) is 13.8 Å². The summed E-state index contributed by atoms with van der Waals surface area (Å²) in [6.07, 6.45) is 1.69. The van der Waals surface area contributed by atoms with Gasteiger partial charge in [0.2, 0.25) is 11.8 Å². The molecule has 2 unspecified atom stereocenters. The maximum absolute atomic E-state index is 12.7. The van der Waals surface area contributed by atoms with E-state index in [-0.39, 0.29) is 35.8 Å². The van der Waals surface area contributed by atoms with Crippen molar-refractivity contribution >= 4 is 11.8 Å². The molecule has 2 aliphatic rings. The summed E-state index contributed by atoms with van der Waals surface area (Å²) in [5.74, 6) is 0.551. The normalized spacial score (nSPS) is 28.0.